The number of nitrogens with zero attached hydrogens (tertiary/aromatic N) is 1. The number of amides is 2. The van der Waals surface area contributed by atoms with Crippen LogP contribution in [0, 0.1) is 0 Å². The van der Waals surface area contributed by atoms with Gasteiger partial charge in [0.1, 0.15) is 6.04 Å². The number of nitrogens with two attached hydrogens (primary N) is 2. The molecule has 0 heterocycles. The first kappa shape index (κ1) is 14.7. The van der Waals surface area contributed by atoms with E-state index in [1.54, 1.807) is 30.3 Å². The Morgan fingerprint density at radius 2 is 1.95 bits per heavy atom. The van der Waals surface area contributed by atoms with Crippen molar-refractivity contribution in [1.82, 2.24) is 0 Å². The summed E-state index contributed by atoms with van der Waals surface area (Å²) in [6.07, 6.45) is 0.466. The predicted molar refractivity (Wildman–Crippen MR) is 67.5 cm³/mol. The van der Waals surface area contributed by atoms with Crippen LogP contribution in [0.2, 0.25) is 0 Å². The van der Waals surface area contributed by atoms with Gasteiger partial charge in [0.05, 0.1) is 0 Å². The van der Waals surface area contributed by atoms with Crippen LogP contribution in [0.3, 0.4) is 0 Å². The Bertz CT molecular complexity index is 450. The van der Waals surface area contributed by atoms with Crippen LogP contribution in [0.25, 0.3) is 0 Å². The second-order valence-corrected chi connectivity index (χ2v) is 3.81. The van der Waals surface area contributed by atoms with E-state index in [1.807, 2.05) is 0 Å². The summed E-state index contributed by atoms with van der Waals surface area (Å²) in [5.41, 5.74) is 5.53. The Morgan fingerprint density at radius 1 is 1.32 bits per heavy atom. The summed E-state index contributed by atoms with van der Waals surface area (Å²) in [6.45, 7) is 0. The van der Waals surface area contributed by atoms with Crippen LogP contribution < -0.4 is 16.5 Å². The number of hydrogen-bond donors (Lipinski definition) is 2. The van der Waals surface area contributed by atoms with Gasteiger partial charge in [0.25, 0.3) is 0 Å². The van der Waals surface area contributed by atoms with Gasteiger partial charge in [0.2, 0.25) is 12.3 Å². The number of hydrogen-bond acceptors (Lipinski definition) is 5. The minimum absolute atomic E-state index is 0.0407. The van der Waals surface area contributed by atoms with Crippen molar-refractivity contribution in [3.8, 4) is 0 Å². The molecule has 0 saturated heterocycles. The average Bonchev–Trinajstić information content (AvgIpc) is 2.43. The lowest BCUT2D eigenvalue weighted by molar-refractivity contribution is -0.146. The van der Waals surface area contributed by atoms with Gasteiger partial charge >= 0.3 is 5.97 Å². The maximum atomic E-state index is 11.6. The number of benzene rings is 1. The second-order valence-electron chi connectivity index (χ2n) is 3.81. The van der Waals surface area contributed by atoms with E-state index in [0.29, 0.717) is 12.1 Å². The van der Waals surface area contributed by atoms with Crippen molar-refractivity contribution in [2.24, 2.45) is 11.6 Å². The number of rotatable bonds is 7. The van der Waals surface area contributed by atoms with E-state index in [0.717, 1.165) is 4.90 Å². The molecule has 1 rings (SSSR count). The zero-order valence-corrected chi connectivity index (χ0v) is 10.2. The van der Waals surface area contributed by atoms with Crippen LogP contribution in [0.4, 0.5) is 5.69 Å². The number of carbonyl (C=O) groups excluding carboxylic acids is 3. The average molecular weight is 265 g/mol. The Hall–Kier alpha value is -2.41. The highest BCUT2D eigenvalue weighted by atomic mass is 16.7. The summed E-state index contributed by atoms with van der Waals surface area (Å²) in [5, 5.41) is 0. The van der Waals surface area contributed by atoms with Gasteiger partial charge in [0.15, 0.2) is 0 Å². The van der Waals surface area contributed by atoms with E-state index in [4.69, 9.17) is 11.6 Å². The highest BCUT2D eigenvalue weighted by molar-refractivity contribution is 5.89. The Balaban J connectivity index is 2.96. The van der Waals surface area contributed by atoms with Crippen LogP contribution in [0.1, 0.15) is 12.8 Å². The van der Waals surface area contributed by atoms with Gasteiger partial charge < -0.3 is 15.5 Å². The normalized spacial score (nSPS) is 11.4. The van der Waals surface area contributed by atoms with E-state index in [9.17, 15) is 14.4 Å². The van der Waals surface area contributed by atoms with Crippen molar-refractivity contribution in [2.75, 3.05) is 4.90 Å². The minimum atomic E-state index is -0.989. The summed E-state index contributed by atoms with van der Waals surface area (Å²) >= 11 is 0. The van der Waals surface area contributed by atoms with Crippen LogP contribution in [0.5, 0.6) is 0 Å². The van der Waals surface area contributed by atoms with E-state index < -0.39 is 17.9 Å². The number of anilines is 1. The Labute approximate surface area is 110 Å². The van der Waals surface area contributed by atoms with Gasteiger partial charge in [0, 0.05) is 12.1 Å². The molecular weight excluding hydrogens is 250 g/mol. The molecule has 7 nitrogen and oxygen atoms in total. The molecule has 0 aliphatic carbocycles. The molecule has 7 heteroatoms. The van der Waals surface area contributed by atoms with Crippen molar-refractivity contribution in [3.63, 3.8) is 0 Å². The first-order chi connectivity index (χ1) is 9.10. The topological polar surface area (TPSA) is 116 Å². The minimum Gasteiger partial charge on any atom is -0.372 e. The van der Waals surface area contributed by atoms with E-state index in [2.05, 4.69) is 4.84 Å². The van der Waals surface area contributed by atoms with Gasteiger partial charge in [-0.05, 0) is 18.6 Å². The summed E-state index contributed by atoms with van der Waals surface area (Å²) < 4.78 is 0. The first-order valence-electron chi connectivity index (χ1n) is 5.57. The SMILES string of the molecule is NOC(=O)[C@H](CCC(N)=O)N(C=O)c1ccccc1. The van der Waals surface area contributed by atoms with Gasteiger partial charge in [-0.3, -0.25) is 9.59 Å². The lowest BCUT2D eigenvalue weighted by atomic mass is 10.1. The predicted octanol–water partition coefficient (Wildman–Crippen LogP) is -0.300. The molecule has 0 unspecified atom stereocenters. The maximum absolute atomic E-state index is 11.6. The van der Waals surface area contributed by atoms with Crippen LogP contribution in [0.15, 0.2) is 30.3 Å². The van der Waals surface area contributed by atoms with E-state index in [-0.39, 0.29) is 12.8 Å². The van der Waals surface area contributed by atoms with E-state index >= 15 is 0 Å². The third-order valence-corrected chi connectivity index (χ3v) is 2.56. The second kappa shape index (κ2) is 7.12. The fourth-order valence-corrected chi connectivity index (χ4v) is 1.64. The molecule has 0 aliphatic heterocycles. The highest BCUT2D eigenvalue weighted by Gasteiger charge is 2.27. The Kier molecular flexibility index (Phi) is 5.49. The number of para-hydroxylation sites is 1. The first-order valence-corrected chi connectivity index (χ1v) is 5.57. The molecule has 0 spiro atoms. The lowest BCUT2D eigenvalue weighted by Gasteiger charge is -2.25. The van der Waals surface area contributed by atoms with Crippen LogP contribution >= 0.6 is 0 Å². The molecule has 0 fully saturated rings. The molecule has 1 atom stereocenters. The quantitative estimate of drug-likeness (QED) is 0.518. The molecule has 0 saturated carbocycles. The summed E-state index contributed by atoms with van der Waals surface area (Å²) in [4.78, 5) is 38.9. The molecule has 0 aromatic heterocycles. The molecule has 0 radical (unpaired) electrons. The zero-order valence-electron chi connectivity index (χ0n) is 10.2. The summed E-state index contributed by atoms with van der Waals surface area (Å²) in [7, 11) is 0. The largest absolute Gasteiger partial charge is 0.372 e. The molecular formula is C12H15N3O4. The highest BCUT2D eigenvalue weighted by Crippen LogP contribution is 2.18. The monoisotopic (exact) mass is 265 g/mol. The fourth-order valence-electron chi connectivity index (χ4n) is 1.64. The van der Waals surface area contributed by atoms with Crippen molar-refractivity contribution < 1.29 is 19.2 Å². The molecule has 0 aliphatic rings. The van der Waals surface area contributed by atoms with Crippen LogP contribution in [-0.2, 0) is 19.2 Å². The van der Waals surface area contributed by atoms with Crippen molar-refractivity contribution in [1.29, 1.82) is 0 Å². The van der Waals surface area contributed by atoms with Crippen LogP contribution in [-0.4, -0.2) is 24.3 Å². The molecule has 4 N–H and O–H groups in total. The Morgan fingerprint density at radius 3 is 2.42 bits per heavy atom. The van der Waals surface area contributed by atoms with E-state index in [1.165, 1.54) is 0 Å². The van der Waals surface area contributed by atoms with Crippen molar-refractivity contribution in [3.05, 3.63) is 30.3 Å². The van der Waals surface area contributed by atoms with Gasteiger partial charge in [-0.2, -0.15) is 5.90 Å². The fraction of sp³-hybridized carbons (Fsp3) is 0.250. The van der Waals surface area contributed by atoms with Gasteiger partial charge in [-0.25, -0.2) is 4.79 Å². The summed E-state index contributed by atoms with van der Waals surface area (Å²) in [6, 6.07) is 7.50. The van der Waals surface area contributed by atoms with Gasteiger partial charge in [-0.1, -0.05) is 18.2 Å². The molecule has 1 aromatic rings. The van der Waals surface area contributed by atoms with Crippen molar-refractivity contribution >= 4 is 24.0 Å². The molecule has 19 heavy (non-hydrogen) atoms. The molecule has 102 valence electrons. The number of carbonyl (C=O) groups is 3. The third-order valence-electron chi connectivity index (χ3n) is 2.56. The van der Waals surface area contributed by atoms with Gasteiger partial charge in [-0.15, -0.1) is 0 Å². The lowest BCUT2D eigenvalue weighted by Crippen LogP contribution is -2.43. The molecule has 0 bridgehead atoms. The maximum Gasteiger partial charge on any atom is 0.347 e. The molecule has 2 amide bonds. The standard InChI is InChI=1S/C12H15N3O4/c13-11(17)7-6-10(12(18)19-14)15(8-16)9-4-2-1-3-5-9/h1-5,8,10H,6-7,14H2,(H2,13,17)/t10-/m0/s1. The number of primary amides is 1. The molecule has 1 aromatic carbocycles. The third kappa shape index (κ3) is 4.07. The summed E-state index contributed by atoms with van der Waals surface area (Å²) in [5.74, 6) is 3.46. The smallest absolute Gasteiger partial charge is 0.347 e. The van der Waals surface area contributed by atoms with Crippen molar-refractivity contribution in [2.45, 2.75) is 18.9 Å². The zero-order chi connectivity index (χ0) is 14.3.